The van der Waals surface area contributed by atoms with Gasteiger partial charge in [0.15, 0.2) is 0 Å². The van der Waals surface area contributed by atoms with Crippen LogP contribution < -0.4 is 9.47 Å². The van der Waals surface area contributed by atoms with Gasteiger partial charge in [-0.15, -0.1) is 0 Å². The molecule has 1 rings (SSSR count). The molecule has 0 N–H and O–H groups in total. The molecule has 0 aliphatic carbocycles. The maximum Gasteiger partial charge on any atom is 0.246 e. The lowest BCUT2D eigenvalue weighted by atomic mass is 10.3. The smallest absolute Gasteiger partial charge is 0.246 e. The minimum atomic E-state index is -3.60. The predicted octanol–water partition coefficient (Wildman–Crippen LogP) is 2.89. The molecule has 7 heteroatoms. The third kappa shape index (κ3) is 3.65. The van der Waals surface area contributed by atoms with Crippen LogP contribution in [-0.4, -0.2) is 40.5 Å². The Hall–Kier alpha value is -0.790. The van der Waals surface area contributed by atoms with E-state index < -0.39 is 10.0 Å². The summed E-state index contributed by atoms with van der Waals surface area (Å²) in [5.74, 6) is 0.745. The zero-order valence-corrected chi connectivity index (χ0v) is 14.5. The minimum Gasteiger partial charge on any atom is -0.496 e. The number of unbranched alkanes of at least 4 members (excludes halogenated alkanes) is 1. The van der Waals surface area contributed by atoms with Crippen LogP contribution in [0.25, 0.3) is 0 Å². The molecule has 0 saturated heterocycles. The van der Waals surface area contributed by atoms with Gasteiger partial charge in [-0.25, -0.2) is 12.7 Å². The summed E-state index contributed by atoms with van der Waals surface area (Å²) in [6.07, 6.45) is 1.74. The summed E-state index contributed by atoms with van der Waals surface area (Å²) in [7, 11) is 0.906. The molecule has 0 spiro atoms. The molecule has 0 bridgehead atoms. The summed E-state index contributed by atoms with van der Waals surface area (Å²) in [5.41, 5.74) is 0. The molecular weight excluding hydrogens is 346 g/mol. The molecular formula is C13H20BrNO4S. The average molecular weight is 366 g/mol. The Kier molecular flexibility index (Phi) is 6.29. The van der Waals surface area contributed by atoms with Crippen LogP contribution in [0.3, 0.4) is 0 Å². The van der Waals surface area contributed by atoms with E-state index in [0.29, 0.717) is 22.5 Å². The number of sulfonamides is 1. The summed E-state index contributed by atoms with van der Waals surface area (Å²) in [6.45, 7) is 2.49. The minimum absolute atomic E-state index is 0.110. The highest BCUT2D eigenvalue weighted by Gasteiger charge is 2.26. The summed E-state index contributed by atoms with van der Waals surface area (Å²) >= 11 is 3.31. The standard InChI is InChI=1S/C13H20BrNO4S/c1-5-6-7-15(2)20(16,17)13-9-11(18-3)10(14)8-12(13)19-4/h8-9H,5-7H2,1-4H3. The first-order valence-electron chi connectivity index (χ1n) is 6.26. The quantitative estimate of drug-likeness (QED) is 0.745. The second kappa shape index (κ2) is 7.28. The summed E-state index contributed by atoms with van der Waals surface area (Å²) in [5, 5.41) is 0. The van der Waals surface area contributed by atoms with Crippen molar-refractivity contribution in [3.8, 4) is 11.5 Å². The first kappa shape index (κ1) is 17.3. The van der Waals surface area contributed by atoms with Gasteiger partial charge in [-0.05, 0) is 28.4 Å². The van der Waals surface area contributed by atoms with E-state index in [1.165, 1.54) is 24.6 Å². The lowest BCUT2D eigenvalue weighted by Gasteiger charge is -2.19. The van der Waals surface area contributed by atoms with E-state index in [1.54, 1.807) is 13.1 Å². The fraction of sp³-hybridized carbons (Fsp3) is 0.538. The maximum absolute atomic E-state index is 12.6. The summed E-state index contributed by atoms with van der Waals surface area (Å²) in [6, 6.07) is 3.07. The number of nitrogens with zero attached hydrogens (tertiary/aromatic N) is 1. The van der Waals surface area contributed by atoms with Crippen molar-refractivity contribution in [1.82, 2.24) is 4.31 Å². The Morgan fingerprint density at radius 3 is 2.30 bits per heavy atom. The number of hydrogen-bond acceptors (Lipinski definition) is 4. The Morgan fingerprint density at radius 1 is 1.20 bits per heavy atom. The molecule has 0 aliphatic heterocycles. The van der Waals surface area contributed by atoms with Crippen LogP contribution in [0.5, 0.6) is 11.5 Å². The number of halogens is 1. The molecule has 0 radical (unpaired) electrons. The van der Waals surface area contributed by atoms with Gasteiger partial charge in [-0.1, -0.05) is 13.3 Å². The SMILES string of the molecule is CCCCN(C)S(=O)(=O)c1cc(OC)c(Br)cc1OC. The first-order chi connectivity index (χ1) is 9.38. The molecule has 0 unspecified atom stereocenters. The highest BCUT2D eigenvalue weighted by molar-refractivity contribution is 9.10. The molecule has 1 aromatic rings. The second-order valence-electron chi connectivity index (χ2n) is 4.32. The molecule has 5 nitrogen and oxygen atoms in total. The van der Waals surface area contributed by atoms with Gasteiger partial charge >= 0.3 is 0 Å². The topological polar surface area (TPSA) is 55.8 Å². The zero-order chi connectivity index (χ0) is 15.3. The van der Waals surface area contributed by atoms with Crippen molar-refractivity contribution < 1.29 is 17.9 Å². The van der Waals surface area contributed by atoms with E-state index in [2.05, 4.69) is 15.9 Å². The van der Waals surface area contributed by atoms with Gasteiger partial charge in [0.05, 0.1) is 18.7 Å². The highest BCUT2D eigenvalue weighted by Crippen LogP contribution is 2.36. The van der Waals surface area contributed by atoms with E-state index >= 15 is 0 Å². The van der Waals surface area contributed by atoms with Crippen LogP contribution in [0.2, 0.25) is 0 Å². The van der Waals surface area contributed by atoms with E-state index in [9.17, 15) is 8.42 Å². The highest BCUT2D eigenvalue weighted by atomic mass is 79.9. The van der Waals surface area contributed by atoms with Gasteiger partial charge in [0.1, 0.15) is 16.4 Å². The molecule has 0 saturated carbocycles. The summed E-state index contributed by atoms with van der Waals surface area (Å²) < 4.78 is 37.5. The lowest BCUT2D eigenvalue weighted by molar-refractivity contribution is 0.386. The maximum atomic E-state index is 12.6. The van der Waals surface area contributed by atoms with Gasteiger partial charge in [0.25, 0.3) is 0 Å². The normalized spacial score (nSPS) is 11.7. The number of rotatable bonds is 7. The molecule has 0 aromatic heterocycles. The number of methoxy groups -OCH3 is 2. The van der Waals surface area contributed by atoms with E-state index in [-0.39, 0.29) is 4.90 Å². The fourth-order valence-electron chi connectivity index (χ4n) is 1.70. The lowest BCUT2D eigenvalue weighted by Crippen LogP contribution is -2.28. The van der Waals surface area contributed by atoms with Gasteiger partial charge in [0, 0.05) is 19.7 Å². The van der Waals surface area contributed by atoms with Crippen molar-refractivity contribution in [3.05, 3.63) is 16.6 Å². The van der Waals surface area contributed by atoms with Gasteiger partial charge in [0.2, 0.25) is 10.0 Å². The number of ether oxygens (including phenoxy) is 2. The van der Waals surface area contributed by atoms with Crippen molar-refractivity contribution >= 4 is 26.0 Å². The van der Waals surface area contributed by atoms with Gasteiger partial charge in [-0.2, -0.15) is 0 Å². The third-order valence-electron chi connectivity index (χ3n) is 2.95. The van der Waals surface area contributed by atoms with E-state index in [4.69, 9.17) is 9.47 Å². The van der Waals surface area contributed by atoms with Crippen LogP contribution in [0.15, 0.2) is 21.5 Å². The van der Waals surface area contributed by atoms with Crippen molar-refractivity contribution in [2.75, 3.05) is 27.8 Å². The Morgan fingerprint density at radius 2 is 1.80 bits per heavy atom. The third-order valence-corrected chi connectivity index (χ3v) is 5.45. The molecule has 0 aliphatic rings. The monoisotopic (exact) mass is 365 g/mol. The Bertz CT molecular complexity index is 560. The largest absolute Gasteiger partial charge is 0.496 e. The van der Waals surface area contributed by atoms with Gasteiger partial charge < -0.3 is 9.47 Å². The second-order valence-corrected chi connectivity index (χ2v) is 7.19. The molecule has 0 amide bonds. The van der Waals surface area contributed by atoms with E-state index in [1.807, 2.05) is 6.92 Å². The molecule has 0 atom stereocenters. The Labute approximate surface area is 129 Å². The van der Waals surface area contributed by atoms with Gasteiger partial charge in [-0.3, -0.25) is 0 Å². The van der Waals surface area contributed by atoms with E-state index in [0.717, 1.165) is 12.8 Å². The van der Waals surface area contributed by atoms with Crippen molar-refractivity contribution in [2.45, 2.75) is 24.7 Å². The van der Waals surface area contributed by atoms with Crippen molar-refractivity contribution in [1.29, 1.82) is 0 Å². The van der Waals surface area contributed by atoms with Crippen LogP contribution in [0.1, 0.15) is 19.8 Å². The molecule has 0 fully saturated rings. The fourth-order valence-corrected chi connectivity index (χ4v) is 3.54. The average Bonchev–Trinajstić information content (AvgIpc) is 2.43. The molecule has 0 heterocycles. The molecule has 20 heavy (non-hydrogen) atoms. The zero-order valence-electron chi connectivity index (χ0n) is 12.1. The van der Waals surface area contributed by atoms with Crippen molar-refractivity contribution in [2.24, 2.45) is 0 Å². The van der Waals surface area contributed by atoms with Crippen LogP contribution in [0, 0.1) is 0 Å². The molecule has 114 valence electrons. The van der Waals surface area contributed by atoms with Crippen LogP contribution in [-0.2, 0) is 10.0 Å². The van der Waals surface area contributed by atoms with Crippen LogP contribution >= 0.6 is 15.9 Å². The van der Waals surface area contributed by atoms with Crippen LogP contribution in [0.4, 0.5) is 0 Å². The van der Waals surface area contributed by atoms with Crippen molar-refractivity contribution in [3.63, 3.8) is 0 Å². The predicted molar refractivity (Wildman–Crippen MR) is 82.0 cm³/mol. The number of benzene rings is 1. The Balaban J connectivity index is 3.29. The number of hydrogen-bond donors (Lipinski definition) is 0. The molecule has 1 aromatic carbocycles. The summed E-state index contributed by atoms with van der Waals surface area (Å²) in [4.78, 5) is 0.110. The first-order valence-corrected chi connectivity index (χ1v) is 8.49.